The van der Waals surface area contributed by atoms with E-state index in [1.165, 1.54) is 29.4 Å². The van der Waals surface area contributed by atoms with Crippen LogP contribution in [0.25, 0.3) is 0 Å². The minimum Gasteiger partial charge on any atom is -0.465 e. The van der Waals surface area contributed by atoms with Gasteiger partial charge >= 0.3 is 5.97 Å². The number of nitrogens with two attached hydrogens (primary N) is 1. The average Bonchev–Trinajstić information content (AvgIpc) is 3.06. The lowest BCUT2D eigenvalue weighted by molar-refractivity contribution is -0.322. The molecule has 0 spiro atoms. The van der Waals surface area contributed by atoms with Crippen molar-refractivity contribution in [1.29, 1.82) is 0 Å². The van der Waals surface area contributed by atoms with Gasteiger partial charge in [0.2, 0.25) is 0 Å². The molecule has 6 heteroatoms. The Hall–Kier alpha value is -4.13. The third-order valence-corrected chi connectivity index (χ3v) is 5.48. The molecule has 4 aromatic carbocycles. The minimum absolute atomic E-state index is 0.284. The lowest BCUT2D eigenvalue weighted by atomic mass is 10.1. The van der Waals surface area contributed by atoms with E-state index in [0.717, 1.165) is 11.3 Å². The van der Waals surface area contributed by atoms with Crippen molar-refractivity contribution in [2.24, 2.45) is 0 Å². The molecule has 1 aliphatic heterocycles. The number of nitrogen functional groups attached to an aromatic ring is 1. The smallest absolute Gasteiger partial charge is 0.337 e. The van der Waals surface area contributed by atoms with Crippen molar-refractivity contribution in [1.82, 2.24) is 0 Å². The Balaban J connectivity index is 0.000000573. The summed E-state index contributed by atoms with van der Waals surface area (Å²) in [6, 6.07) is 29.0. The SMILES string of the molecule is CC.CC.CC.COC(=O)c1cccc(C)c1.Cc1ccc(Oc2ccccc2N)cc1.Cc1ccc2c(c1)COOC2. The fourth-order valence-corrected chi connectivity index (χ4v) is 3.44. The maximum atomic E-state index is 10.9. The molecule has 0 aliphatic carbocycles. The first kappa shape index (κ1) is 38.9. The molecule has 0 aromatic heterocycles. The van der Waals surface area contributed by atoms with Crippen LogP contribution < -0.4 is 10.5 Å². The predicted octanol–water partition coefficient (Wildman–Crippen LogP) is 10.2. The van der Waals surface area contributed by atoms with Gasteiger partial charge in [-0.15, -0.1) is 0 Å². The second-order valence-corrected chi connectivity index (χ2v) is 8.61. The van der Waals surface area contributed by atoms with Crippen LogP contribution in [0.5, 0.6) is 11.5 Å². The van der Waals surface area contributed by atoms with E-state index in [1.807, 2.05) is 116 Å². The predicted molar refractivity (Wildman–Crippen MR) is 179 cm³/mol. The number of methoxy groups -OCH3 is 1. The standard InChI is InChI=1S/C13H13NO.2C9H10O2.3C2H6/c1-10-6-8-11(9-7-10)15-13-5-3-2-4-12(13)14;1-7-2-3-8-5-10-11-6-9(8)4-7;1-7-4-3-5-8(6-7)9(10)11-2;3*1-2/h2-9H,14H2,1H3;2-4H,5-6H2,1H3;3-6H,1-2H3;3*1-2H3. The van der Waals surface area contributed by atoms with Gasteiger partial charge in [0, 0.05) is 0 Å². The van der Waals surface area contributed by atoms with Crippen LogP contribution in [0.2, 0.25) is 0 Å². The molecule has 0 radical (unpaired) electrons. The molecule has 0 saturated carbocycles. The monoisotopic (exact) mass is 589 g/mol. The highest BCUT2D eigenvalue weighted by atomic mass is 17.2. The van der Waals surface area contributed by atoms with Crippen molar-refractivity contribution in [3.63, 3.8) is 0 Å². The van der Waals surface area contributed by atoms with E-state index in [2.05, 4.69) is 29.9 Å². The highest BCUT2D eigenvalue weighted by Crippen LogP contribution is 2.26. The Morgan fingerprint density at radius 3 is 1.79 bits per heavy atom. The minimum atomic E-state index is -0.284. The zero-order valence-electron chi connectivity index (χ0n) is 27.7. The van der Waals surface area contributed by atoms with E-state index in [9.17, 15) is 4.79 Å². The maximum Gasteiger partial charge on any atom is 0.337 e. The van der Waals surface area contributed by atoms with E-state index in [0.29, 0.717) is 30.2 Å². The van der Waals surface area contributed by atoms with Gasteiger partial charge in [0.05, 0.1) is 18.4 Å². The number of anilines is 1. The first-order valence-electron chi connectivity index (χ1n) is 14.9. The molecule has 0 atom stereocenters. The molecular weight excluding hydrogens is 538 g/mol. The molecule has 43 heavy (non-hydrogen) atoms. The van der Waals surface area contributed by atoms with Crippen LogP contribution in [0.1, 0.15) is 79.7 Å². The first-order valence-corrected chi connectivity index (χ1v) is 14.9. The highest BCUT2D eigenvalue weighted by molar-refractivity contribution is 5.89. The van der Waals surface area contributed by atoms with Gasteiger partial charge in [-0.1, -0.05) is 113 Å². The summed E-state index contributed by atoms with van der Waals surface area (Å²) in [5.41, 5.74) is 13.1. The number of rotatable bonds is 3. The number of hydrogen-bond donors (Lipinski definition) is 1. The van der Waals surface area contributed by atoms with Gasteiger partial charge in [-0.25, -0.2) is 14.6 Å². The van der Waals surface area contributed by atoms with Crippen molar-refractivity contribution in [2.75, 3.05) is 12.8 Å². The summed E-state index contributed by atoms with van der Waals surface area (Å²) in [7, 11) is 1.38. The van der Waals surface area contributed by atoms with Crippen molar-refractivity contribution in [3.8, 4) is 11.5 Å². The molecule has 6 nitrogen and oxygen atoms in total. The van der Waals surface area contributed by atoms with Gasteiger partial charge in [0.15, 0.2) is 0 Å². The summed E-state index contributed by atoms with van der Waals surface area (Å²) in [4.78, 5) is 20.6. The zero-order chi connectivity index (χ0) is 32.6. The highest BCUT2D eigenvalue weighted by Gasteiger charge is 2.09. The van der Waals surface area contributed by atoms with Crippen molar-refractivity contribution in [2.45, 2.75) is 75.5 Å². The Bertz CT molecular complexity index is 1300. The molecule has 0 amide bonds. The molecule has 0 bridgehead atoms. The molecule has 1 heterocycles. The number of aryl methyl sites for hydroxylation is 3. The molecule has 234 valence electrons. The number of ether oxygens (including phenoxy) is 2. The van der Waals surface area contributed by atoms with E-state index in [1.54, 1.807) is 12.1 Å². The van der Waals surface area contributed by atoms with E-state index < -0.39 is 0 Å². The van der Waals surface area contributed by atoms with Gasteiger partial charge in [-0.3, -0.25) is 0 Å². The second kappa shape index (κ2) is 23.4. The second-order valence-electron chi connectivity index (χ2n) is 8.61. The molecule has 2 N–H and O–H groups in total. The summed E-state index contributed by atoms with van der Waals surface area (Å²) in [6.07, 6.45) is 0. The fraction of sp³-hybridized carbons (Fsp3) is 0.324. The summed E-state index contributed by atoms with van der Waals surface area (Å²) in [5.74, 6) is 1.22. The number of carbonyl (C=O) groups excluding carboxylic acids is 1. The fourth-order valence-electron chi connectivity index (χ4n) is 3.44. The number of para-hydroxylation sites is 2. The summed E-state index contributed by atoms with van der Waals surface area (Å²) >= 11 is 0. The van der Waals surface area contributed by atoms with Crippen LogP contribution in [-0.4, -0.2) is 13.1 Å². The van der Waals surface area contributed by atoms with E-state index in [-0.39, 0.29) is 5.97 Å². The third-order valence-electron chi connectivity index (χ3n) is 5.48. The van der Waals surface area contributed by atoms with Gasteiger partial charge in [-0.2, -0.15) is 0 Å². The van der Waals surface area contributed by atoms with Crippen LogP contribution in [0, 0.1) is 20.8 Å². The van der Waals surface area contributed by atoms with Crippen LogP contribution in [0.15, 0.2) is 91.0 Å². The molecule has 5 rings (SSSR count). The number of fused-ring (bicyclic) bond motifs is 1. The molecular formula is C37H51NO5. The Kier molecular flexibility index (Phi) is 21.2. The van der Waals surface area contributed by atoms with E-state index in [4.69, 9.17) is 20.2 Å². The van der Waals surface area contributed by atoms with Gasteiger partial charge < -0.3 is 15.2 Å². The van der Waals surface area contributed by atoms with Crippen molar-refractivity contribution in [3.05, 3.63) is 124 Å². The normalized spacial score (nSPS) is 10.4. The Labute approximate surface area is 259 Å². The Morgan fingerprint density at radius 1 is 0.651 bits per heavy atom. The lowest BCUT2D eigenvalue weighted by Gasteiger charge is -2.15. The largest absolute Gasteiger partial charge is 0.465 e. The van der Waals surface area contributed by atoms with Crippen LogP contribution >= 0.6 is 0 Å². The van der Waals surface area contributed by atoms with Gasteiger partial charge in [0.1, 0.15) is 24.7 Å². The quantitative estimate of drug-likeness (QED) is 0.145. The maximum absolute atomic E-state index is 10.9. The number of benzene rings is 4. The molecule has 4 aromatic rings. The lowest BCUT2D eigenvalue weighted by Crippen LogP contribution is -2.07. The third kappa shape index (κ3) is 15.1. The zero-order valence-corrected chi connectivity index (χ0v) is 27.7. The molecule has 0 unspecified atom stereocenters. The van der Waals surface area contributed by atoms with Gasteiger partial charge in [-0.05, 0) is 68.3 Å². The topological polar surface area (TPSA) is 80.0 Å². The van der Waals surface area contributed by atoms with Crippen LogP contribution in [0.4, 0.5) is 5.69 Å². The van der Waals surface area contributed by atoms with Crippen LogP contribution in [-0.2, 0) is 27.7 Å². The Morgan fingerprint density at radius 2 is 1.21 bits per heavy atom. The summed E-state index contributed by atoms with van der Waals surface area (Å²) < 4.78 is 10.2. The average molecular weight is 590 g/mol. The van der Waals surface area contributed by atoms with Crippen LogP contribution in [0.3, 0.4) is 0 Å². The molecule has 0 fully saturated rings. The first-order chi connectivity index (χ1) is 20.9. The molecule has 1 aliphatic rings. The number of hydrogen-bond acceptors (Lipinski definition) is 6. The summed E-state index contributed by atoms with van der Waals surface area (Å²) in [5, 5.41) is 0. The van der Waals surface area contributed by atoms with Gasteiger partial charge in [0.25, 0.3) is 0 Å². The number of carbonyl (C=O) groups is 1. The summed E-state index contributed by atoms with van der Waals surface area (Å²) in [6.45, 7) is 19.2. The van der Waals surface area contributed by atoms with Crippen molar-refractivity contribution >= 4 is 11.7 Å². The van der Waals surface area contributed by atoms with E-state index >= 15 is 0 Å². The molecule has 0 saturated heterocycles. The number of esters is 1. The van der Waals surface area contributed by atoms with Crippen molar-refractivity contribution < 1.29 is 24.0 Å².